The molecule has 2 N–H and O–H groups in total. The van der Waals surface area contributed by atoms with Gasteiger partial charge in [-0.15, -0.1) is 0 Å². The van der Waals surface area contributed by atoms with Crippen molar-refractivity contribution < 1.29 is 4.74 Å². The molecule has 17 heavy (non-hydrogen) atoms. The lowest BCUT2D eigenvalue weighted by atomic mass is 10.1. The van der Waals surface area contributed by atoms with Gasteiger partial charge in [0.1, 0.15) is 0 Å². The van der Waals surface area contributed by atoms with Crippen molar-refractivity contribution in [2.75, 3.05) is 31.1 Å². The molecule has 0 saturated carbocycles. The minimum absolute atomic E-state index is 0.375. The van der Waals surface area contributed by atoms with E-state index in [0.717, 1.165) is 38.4 Å². The highest BCUT2D eigenvalue weighted by atomic mass is 16.5. The number of nitrogens with two attached hydrogens (primary N) is 1. The van der Waals surface area contributed by atoms with Gasteiger partial charge < -0.3 is 19.9 Å². The van der Waals surface area contributed by atoms with Gasteiger partial charge in [-0.2, -0.15) is 0 Å². The minimum atomic E-state index is 0.375. The van der Waals surface area contributed by atoms with Crippen LogP contribution < -0.4 is 10.6 Å². The molecule has 1 saturated heterocycles. The first kappa shape index (κ1) is 12.4. The standard InChI is InChI=1S/C12H22N4O/c1-2-15-9-6-14-12(15)16-7-3-11(4-8-16)17-10-5-13/h6,9,11H,2-5,7-8,10,13H2,1H3. The van der Waals surface area contributed by atoms with Crippen LogP contribution >= 0.6 is 0 Å². The Morgan fingerprint density at radius 2 is 2.24 bits per heavy atom. The third-order valence-electron chi connectivity index (χ3n) is 3.23. The number of piperidine rings is 1. The monoisotopic (exact) mass is 238 g/mol. The molecule has 0 unspecified atom stereocenters. The Labute approximate surface area is 103 Å². The first-order chi connectivity index (χ1) is 8.35. The molecule has 1 aliphatic heterocycles. The number of aryl methyl sites for hydroxylation is 1. The third-order valence-corrected chi connectivity index (χ3v) is 3.23. The summed E-state index contributed by atoms with van der Waals surface area (Å²) in [5.74, 6) is 1.09. The van der Waals surface area contributed by atoms with Crippen molar-refractivity contribution in [3.8, 4) is 0 Å². The zero-order valence-corrected chi connectivity index (χ0v) is 10.5. The van der Waals surface area contributed by atoms with Crippen molar-refractivity contribution in [2.45, 2.75) is 32.4 Å². The molecule has 0 atom stereocenters. The quantitative estimate of drug-likeness (QED) is 0.826. The van der Waals surface area contributed by atoms with Gasteiger partial charge in [0.2, 0.25) is 5.95 Å². The summed E-state index contributed by atoms with van der Waals surface area (Å²) in [5, 5.41) is 0. The van der Waals surface area contributed by atoms with Crippen LogP contribution in [0, 0.1) is 0 Å². The SMILES string of the molecule is CCn1ccnc1N1CCC(OCCN)CC1. The van der Waals surface area contributed by atoms with E-state index in [-0.39, 0.29) is 0 Å². The maximum Gasteiger partial charge on any atom is 0.205 e. The number of imidazole rings is 1. The third kappa shape index (κ3) is 2.98. The zero-order chi connectivity index (χ0) is 12.1. The van der Waals surface area contributed by atoms with Gasteiger partial charge in [-0.05, 0) is 19.8 Å². The normalized spacial score (nSPS) is 17.6. The predicted octanol–water partition coefficient (Wildman–Crippen LogP) is 0.847. The summed E-state index contributed by atoms with van der Waals surface area (Å²) in [7, 11) is 0. The summed E-state index contributed by atoms with van der Waals surface area (Å²) in [4.78, 5) is 6.77. The highest BCUT2D eigenvalue weighted by molar-refractivity contribution is 5.31. The molecule has 96 valence electrons. The molecular weight excluding hydrogens is 216 g/mol. The van der Waals surface area contributed by atoms with Crippen LogP contribution in [0.5, 0.6) is 0 Å². The van der Waals surface area contributed by atoms with Gasteiger partial charge in [-0.1, -0.05) is 0 Å². The number of hydrogen-bond donors (Lipinski definition) is 1. The van der Waals surface area contributed by atoms with Gasteiger partial charge in [0, 0.05) is 38.6 Å². The molecule has 5 heteroatoms. The van der Waals surface area contributed by atoms with E-state index in [1.165, 1.54) is 0 Å². The van der Waals surface area contributed by atoms with Gasteiger partial charge in [0.25, 0.3) is 0 Å². The summed E-state index contributed by atoms with van der Waals surface area (Å²) >= 11 is 0. The topological polar surface area (TPSA) is 56.3 Å². The molecule has 1 aromatic rings. The van der Waals surface area contributed by atoms with E-state index in [0.29, 0.717) is 19.3 Å². The summed E-state index contributed by atoms with van der Waals surface area (Å²) in [6.07, 6.45) is 6.41. The second kappa shape index (κ2) is 6.02. The Hall–Kier alpha value is -1.07. The second-order valence-electron chi connectivity index (χ2n) is 4.36. The van der Waals surface area contributed by atoms with E-state index in [4.69, 9.17) is 10.5 Å². The summed E-state index contributed by atoms with van der Waals surface area (Å²) in [6.45, 7) is 6.44. The van der Waals surface area contributed by atoms with Crippen molar-refractivity contribution in [1.29, 1.82) is 0 Å². The van der Waals surface area contributed by atoms with Crippen molar-refractivity contribution in [3.63, 3.8) is 0 Å². The van der Waals surface area contributed by atoms with E-state index >= 15 is 0 Å². The smallest absolute Gasteiger partial charge is 0.205 e. The van der Waals surface area contributed by atoms with Gasteiger partial charge in [-0.3, -0.25) is 0 Å². The average Bonchev–Trinajstić information content (AvgIpc) is 2.85. The van der Waals surface area contributed by atoms with E-state index < -0.39 is 0 Å². The minimum Gasteiger partial charge on any atom is -0.377 e. The van der Waals surface area contributed by atoms with Crippen molar-refractivity contribution in [2.24, 2.45) is 5.73 Å². The Morgan fingerprint density at radius 1 is 1.47 bits per heavy atom. The Morgan fingerprint density at radius 3 is 2.88 bits per heavy atom. The summed E-state index contributed by atoms with van der Waals surface area (Å²) in [5.41, 5.74) is 5.44. The summed E-state index contributed by atoms with van der Waals surface area (Å²) in [6, 6.07) is 0. The molecule has 1 aromatic heterocycles. The predicted molar refractivity (Wildman–Crippen MR) is 68.1 cm³/mol. The molecule has 0 aliphatic carbocycles. The number of rotatable bonds is 5. The van der Waals surface area contributed by atoms with E-state index in [2.05, 4.69) is 21.4 Å². The zero-order valence-electron chi connectivity index (χ0n) is 10.5. The lowest BCUT2D eigenvalue weighted by Gasteiger charge is -2.32. The average molecular weight is 238 g/mol. The van der Waals surface area contributed by atoms with Crippen LogP contribution in [0.15, 0.2) is 12.4 Å². The van der Waals surface area contributed by atoms with Crippen LogP contribution in [0.2, 0.25) is 0 Å². The Kier molecular flexibility index (Phi) is 4.39. The molecule has 2 heterocycles. The Balaban J connectivity index is 1.86. The van der Waals surface area contributed by atoms with Gasteiger partial charge in [-0.25, -0.2) is 4.98 Å². The molecule has 2 rings (SSSR count). The second-order valence-corrected chi connectivity index (χ2v) is 4.36. The van der Waals surface area contributed by atoms with Crippen molar-refractivity contribution in [3.05, 3.63) is 12.4 Å². The number of anilines is 1. The molecule has 1 aliphatic rings. The molecule has 5 nitrogen and oxygen atoms in total. The lowest BCUT2D eigenvalue weighted by Crippen LogP contribution is -2.39. The van der Waals surface area contributed by atoms with Crippen LogP contribution in [0.4, 0.5) is 5.95 Å². The highest BCUT2D eigenvalue weighted by Gasteiger charge is 2.21. The van der Waals surface area contributed by atoms with E-state index in [9.17, 15) is 0 Å². The number of hydrogen-bond acceptors (Lipinski definition) is 4. The fourth-order valence-electron chi connectivity index (χ4n) is 2.29. The molecule has 0 spiro atoms. The molecular formula is C12H22N4O. The van der Waals surface area contributed by atoms with Crippen molar-refractivity contribution in [1.82, 2.24) is 9.55 Å². The summed E-state index contributed by atoms with van der Waals surface area (Å²) < 4.78 is 7.86. The molecule has 0 aromatic carbocycles. The van der Waals surface area contributed by atoms with Gasteiger partial charge in [0.15, 0.2) is 0 Å². The molecule has 1 fully saturated rings. The van der Waals surface area contributed by atoms with Crippen LogP contribution in [-0.4, -0.2) is 41.9 Å². The van der Waals surface area contributed by atoms with Crippen LogP contribution in [0.1, 0.15) is 19.8 Å². The molecule has 0 radical (unpaired) electrons. The fourth-order valence-corrected chi connectivity index (χ4v) is 2.29. The first-order valence-electron chi connectivity index (χ1n) is 6.43. The fraction of sp³-hybridized carbons (Fsp3) is 0.750. The Bertz CT molecular complexity index is 331. The van der Waals surface area contributed by atoms with E-state index in [1.54, 1.807) is 0 Å². The largest absolute Gasteiger partial charge is 0.377 e. The highest BCUT2D eigenvalue weighted by Crippen LogP contribution is 2.19. The number of nitrogens with zero attached hydrogens (tertiary/aromatic N) is 3. The lowest BCUT2D eigenvalue weighted by molar-refractivity contribution is 0.0419. The van der Waals surface area contributed by atoms with Crippen molar-refractivity contribution >= 4 is 5.95 Å². The van der Waals surface area contributed by atoms with Crippen LogP contribution in [0.3, 0.4) is 0 Å². The van der Waals surface area contributed by atoms with Crippen LogP contribution in [0.25, 0.3) is 0 Å². The van der Waals surface area contributed by atoms with Gasteiger partial charge >= 0.3 is 0 Å². The van der Waals surface area contributed by atoms with Gasteiger partial charge in [0.05, 0.1) is 12.7 Å². The maximum atomic E-state index is 5.68. The molecule has 0 amide bonds. The van der Waals surface area contributed by atoms with E-state index in [1.807, 2.05) is 12.4 Å². The molecule has 0 bridgehead atoms. The van der Waals surface area contributed by atoms with Crippen LogP contribution in [-0.2, 0) is 11.3 Å². The number of aromatic nitrogens is 2. The number of ether oxygens (including phenoxy) is 1. The first-order valence-corrected chi connectivity index (χ1v) is 6.43. The maximum absolute atomic E-state index is 5.68.